The number of hydrogen-bond donors (Lipinski definition) is 1. The molecule has 0 amide bonds. The van der Waals surface area contributed by atoms with Gasteiger partial charge in [-0.25, -0.2) is 0 Å². The van der Waals surface area contributed by atoms with Crippen LogP contribution in [0.4, 0.5) is 0 Å². The van der Waals surface area contributed by atoms with E-state index in [1.165, 1.54) is 12.1 Å². The van der Waals surface area contributed by atoms with Crippen LogP contribution >= 0.6 is 0 Å². The van der Waals surface area contributed by atoms with Gasteiger partial charge in [-0.3, -0.25) is 8.74 Å². The maximum absolute atomic E-state index is 11.4. The first-order chi connectivity index (χ1) is 7.70. The summed E-state index contributed by atoms with van der Waals surface area (Å²) in [7, 11) is -7.58. The molecular formula is C9H10O6S2. The van der Waals surface area contributed by atoms with Gasteiger partial charge < -0.3 is 0 Å². The minimum atomic E-state index is -4.49. The van der Waals surface area contributed by atoms with Crippen molar-refractivity contribution in [3.8, 4) is 0 Å². The average molecular weight is 278 g/mol. The smallest absolute Gasteiger partial charge is 0.282 e. The Morgan fingerprint density at radius 2 is 1.71 bits per heavy atom. The zero-order valence-electron chi connectivity index (χ0n) is 8.82. The average Bonchev–Trinajstić information content (AvgIpc) is 2.27. The SMILES string of the molecule is C=Cc1cc(S(=O)(=O)O)cc(S(=O)(=O)OC)c1. The van der Waals surface area contributed by atoms with Crippen molar-refractivity contribution in [2.24, 2.45) is 0 Å². The van der Waals surface area contributed by atoms with Crippen molar-refractivity contribution in [2.75, 3.05) is 7.11 Å². The fraction of sp³-hybridized carbons (Fsp3) is 0.111. The Kier molecular flexibility index (Phi) is 3.72. The minimum absolute atomic E-state index is 0.232. The highest BCUT2D eigenvalue weighted by Gasteiger charge is 2.18. The molecule has 0 fully saturated rings. The summed E-state index contributed by atoms with van der Waals surface area (Å²) in [4.78, 5) is -0.907. The van der Waals surface area contributed by atoms with Crippen LogP contribution in [0.1, 0.15) is 5.56 Å². The molecule has 0 radical (unpaired) electrons. The summed E-state index contributed by atoms with van der Waals surface area (Å²) < 4.78 is 57.9. The molecule has 0 atom stereocenters. The van der Waals surface area contributed by atoms with Crippen molar-refractivity contribution in [3.05, 3.63) is 30.3 Å². The van der Waals surface area contributed by atoms with Gasteiger partial charge in [-0.1, -0.05) is 12.7 Å². The summed E-state index contributed by atoms with van der Waals surface area (Å²) in [6.07, 6.45) is 1.25. The van der Waals surface area contributed by atoms with Gasteiger partial charge in [0, 0.05) is 0 Å². The van der Waals surface area contributed by atoms with Crippen molar-refractivity contribution in [1.29, 1.82) is 0 Å². The van der Waals surface area contributed by atoms with Crippen LogP contribution < -0.4 is 0 Å². The van der Waals surface area contributed by atoms with Crippen molar-refractivity contribution in [3.63, 3.8) is 0 Å². The zero-order chi connectivity index (χ0) is 13.3. The van der Waals surface area contributed by atoms with Crippen LogP contribution in [0.5, 0.6) is 0 Å². The fourth-order valence-electron chi connectivity index (χ4n) is 1.10. The third-order valence-corrected chi connectivity index (χ3v) is 4.03. The summed E-state index contributed by atoms with van der Waals surface area (Å²) in [6.45, 7) is 3.39. The van der Waals surface area contributed by atoms with Crippen molar-refractivity contribution in [2.45, 2.75) is 9.79 Å². The van der Waals surface area contributed by atoms with E-state index in [0.29, 0.717) is 0 Å². The van der Waals surface area contributed by atoms with Crippen LogP contribution in [0.25, 0.3) is 6.08 Å². The second kappa shape index (κ2) is 4.57. The molecule has 0 aliphatic heterocycles. The fourth-order valence-corrected chi connectivity index (χ4v) is 2.48. The van der Waals surface area contributed by atoms with Crippen LogP contribution in [0.3, 0.4) is 0 Å². The molecule has 0 spiro atoms. The largest absolute Gasteiger partial charge is 0.296 e. The van der Waals surface area contributed by atoms with Gasteiger partial charge in [-0.2, -0.15) is 16.8 Å². The summed E-state index contributed by atoms with van der Waals surface area (Å²) in [5, 5.41) is 0. The van der Waals surface area contributed by atoms with Crippen LogP contribution in [-0.4, -0.2) is 28.5 Å². The molecule has 1 N–H and O–H groups in total. The van der Waals surface area contributed by atoms with E-state index in [4.69, 9.17) is 4.55 Å². The summed E-state index contributed by atoms with van der Waals surface area (Å²) in [6, 6.07) is 3.08. The van der Waals surface area contributed by atoms with Gasteiger partial charge in [0.05, 0.1) is 16.9 Å². The van der Waals surface area contributed by atoms with Gasteiger partial charge in [-0.05, 0) is 23.8 Å². The first-order valence-electron chi connectivity index (χ1n) is 4.26. The lowest BCUT2D eigenvalue weighted by Gasteiger charge is -2.05. The van der Waals surface area contributed by atoms with E-state index in [1.54, 1.807) is 0 Å². The highest BCUT2D eigenvalue weighted by atomic mass is 32.2. The molecular weight excluding hydrogens is 268 g/mol. The summed E-state index contributed by atoms with van der Waals surface area (Å²) in [5.74, 6) is 0. The number of hydrogen-bond acceptors (Lipinski definition) is 5. The standard InChI is InChI=1S/C9H10O6S2/c1-3-7-4-8(16(10,11)12)6-9(5-7)17(13,14)15-2/h3-6H,1H2,2H3,(H,10,11,12). The molecule has 0 aromatic heterocycles. The second-order valence-electron chi connectivity index (χ2n) is 3.04. The van der Waals surface area contributed by atoms with Gasteiger partial charge in [0.1, 0.15) is 0 Å². The Labute approximate surface area is 99.4 Å². The van der Waals surface area contributed by atoms with E-state index in [0.717, 1.165) is 19.2 Å². The van der Waals surface area contributed by atoms with Crippen LogP contribution in [0.15, 0.2) is 34.6 Å². The molecule has 0 aliphatic carbocycles. The van der Waals surface area contributed by atoms with Crippen molar-refractivity contribution >= 4 is 26.3 Å². The lowest BCUT2D eigenvalue weighted by atomic mass is 10.2. The molecule has 0 saturated heterocycles. The van der Waals surface area contributed by atoms with E-state index in [9.17, 15) is 16.8 Å². The highest BCUT2D eigenvalue weighted by molar-refractivity contribution is 7.87. The van der Waals surface area contributed by atoms with E-state index >= 15 is 0 Å². The second-order valence-corrected chi connectivity index (χ2v) is 6.17. The Balaban J connectivity index is 3.61. The van der Waals surface area contributed by atoms with Gasteiger partial charge in [0.25, 0.3) is 20.2 Å². The maximum atomic E-state index is 11.4. The van der Waals surface area contributed by atoms with E-state index in [1.807, 2.05) is 0 Å². The lowest BCUT2D eigenvalue weighted by Crippen LogP contribution is -2.06. The topological polar surface area (TPSA) is 97.7 Å². The van der Waals surface area contributed by atoms with Crippen LogP contribution in [0.2, 0.25) is 0 Å². The minimum Gasteiger partial charge on any atom is -0.282 e. The van der Waals surface area contributed by atoms with Gasteiger partial charge in [-0.15, -0.1) is 0 Å². The Morgan fingerprint density at radius 3 is 2.12 bits per heavy atom. The highest BCUT2D eigenvalue weighted by Crippen LogP contribution is 2.20. The Bertz CT molecular complexity index is 642. The normalized spacial score (nSPS) is 12.4. The van der Waals surface area contributed by atoms with Crippen molar-refractivity contribution < 1.29 is 25.6 Å². The Hall–Kier alpha value is -1.22. The lowest BCUT2D eigenvalue weighted by molar-refractivity contribution is 0.397. The monoisotopic (exact) mass is 278 g/mol. The van der Waals surface area contributed by atoms with Gasteiger partial charge in [0.2, 0.25) is 0 Å². The maximum Gasteiger partial charge on any atom is 0.296 e. The zero-order valence-corrected chi connectivity index (χ0v) is 10.5. The molecule has 1 rings (SSSR count). The number of benzene rings is 1. The first kappa shape index (κ1) is 13.8. The molecule has 0 heterocycles. The molecule has 17 heavy (non-hydrogen) atoms. The molecule has 0 unspecified atom stereocenters. The first-order valence-corrected chi connectivity index (χ1v) is 7.11. The van der Waals surface area contributed by atoms with E-state index in [2.05, 4.69) is 10.8 Å². The predicted molar refractivity (Wildman–Crippen MR) is 60.5 cm³/mol. The van der Waals surface area contributed by atoms with E-state index in [-0.39, 0.29) is 10.5 Å². The van der Waals surface area contributed by atoms with E-state index < -0.39 is 25.1 Å². The molecule has 1 aromatic rings. The molecule has 94 valence electrons. The molecule has 6 nitrogen and oxygen atoms in total. The van der Waals surface area contributed by atoms with Crippen molar-refractivity contribution in [1.82, 2.24) is 0 Å². The summed E-state index contributed by atoms with van der Waals surface area (Å²) >= 11 is 0. The van der Waals surface area contributed by atoms with Gasteiger partial charge >= 0.3 is 0 Å². The predicted octanol–water partition coefficient (Wildman–Crippen LogP) is 0.911. The molecule has 1 aromatic carbocycles. The molecule has 0 saturated carbocycles. The van der Waals surface area contributed by atoms with Crippen LogP contribution in [-0.2, 0) is 24.4 Å². The number of rotatable bonds is 4. The Morgan fingerprint density at radius 1 is 1.18 bits per heavy atom. The molecule has 0 aliphatic rings. The third kappa shape index (κ3) is 3.13. The van der Waals surface area contributed by atoms with Gasteiger partial charge in [0.15, 0.2) is 0 Å². The molecule has 8 heteroatoms. The molecule has 0 bridgehead atoms. The van der Waals surface area contributed by atoms with Crippen LogP contribution in [0, 0.1) is 0 Å². The third-order valence-electron chi connectivity index (χ3n) is 1.94. The summed E-state index contributed by atoms with van der Waals surface area (Å²) in [5.41, 5.74) is 0.232. The quantitative estimate of drug-likeness (QED) is 0.649.